The van der Waals surface area contributed by atoms with E-state index in [2.05, 4.69) is 39.6 Å². The Morgan fingerprint density at radius 2 is 2.00 bits per heavy atom. The maximum atomic E-state index is 12.6. The Labute approximate surface area is 147 Å². The molecule has 2 aromatic rings. The smallest absolute Gasteiger partial charge is 0.258 e. The molecule has 1 fully saturated rings. The van der Waals surface area contributed by atoms with Crippen molar-refractivity contribution in [3.63, 3.8) is 0 Å². The summed E-state index contributed by atoms with van der Waals surface area (Å²) in [4.78, 5) is 15.0. The van der Waals surface area contributed by atoms with Crippen LogP contribution in [0.2, 0.25) is 0 Å². The highest BCUT2D eigenvalue weighted by atomic mass is 16.5. The van der Waals surface area contributed by atoms with Gasteiger partial charge in [-0.15, -0.1) is 0 Å². The zero-order valence-electron chi connectivity index (χ0n) is 14.4. The summed E-state index contributed by atoms with van der Waals surface area (Å²) < 4.78 is 7.40. The van der Waals surface area contributed by atoms with Crippen LogP contribution in [0.3, 0.4) is 0 Å². The number of carbonyl (C=O) groups is 1. The van der Waals surface area contributed by atoms with Crippen molar-refractivity contribution in [1.82, 2.24) is 20.0 Å². The molecule has 132 valence electrons. The maximum Gasteiger partial charge on any atom is 0.258 e. The molecule has 0 saturated carbocycles. The standard InChI is InChI=1S/C19H24N4O2/c24-18(17-13-20-23-9-4-12-25-19(17)23)21-16-7-10-22(11-8-16)14-15-5-2-1-3-6-15/h1-3,5-6,13,16H,4,7-12,14H2,(H,21,24). The van der Waals surface area contributed by atoms with E-state index in [0.717, 1.165) is 45.4 Å². The van der Waals surface area contributed by atoms with Gasteiger partial charge in [0.25, 0.3) is 5.91 Å². The van der Waals surface area contributed by atoms with E-state index in [1.807, 2.05) is 6.07 Å². The highest BCUT2D eigenvalue weighted by molar-refractivity contribution is 5.96. The van der Waals surface area contributed by atoms with Crippen molar-refractivity contribution in [2.45, 2.75) is 38.4 Å². The molecule has 2 aliphatic rings. The summed E-state index contributed by atoms with van der Waals surface area (Å²) in [6, 6.07) is 10.8. The molecule has 0 spiro atoms. The van der Waals surface area contributed by atoms with Crippen molar-refractivity contribution in [3.05, 3.63) is 47.7 Å². The average molecular weight is 340 g/mol. The lowest BCUT2D eigenvalue weighted by Crippen LogP contribution is -2.44. The van der Waals surface area contributed by atoms with Crippen LogP contribution in [0.5, 0.6) is 5.88 Å². The van der Waals surface area contributed by atoms with Gasteiger partial charge in [-0.05, 0) is 18.4 Å². The molecule has 1 amide bonds. The van der Waals surface area contributed by atoms with Gasteiger partial charge in [-0.3, -0.25) is 9.69 Å². The van der Waals surface area contributed by atoms with Crippen LogP contribution < -0.4 is 10.1 Å². The Morgan fingerprint density at radius 3 is 2.80 bits per heavy atom. The van der Waals surface area contributed by atoms with Crippen molar-refractivity contribution in [2.24, 2.45) is 0 Å². The molecule has 6 heteroatoms. The van der Waals surface area contributed by atoms with Gasteiger partial charge in [0.1, 0.15) is 5.56 Å². The lowest BCUT2D eigenvalue weighted by atomic mass is 10.0. The number of rotatable bonds is 4. The van der Waals surface area contributed by atoms with E-state index in [9.17, 15) is 4.79 Å². The number of piperidine rings is 1. The number of hydrogen-bond acceptors (Lipinski definition) is 4. The fourth-order valence-electron chi connectivity index (χ4n) is 3.56. The van der Waals surface area contributed by atoms with Crippen molar-refractivity contribution >= 4 is 5.91 Å². The Morgan fingerprint density at radius 1 is 1.20 bits per heavy atom. The van der Waals surface area contributed by atoms with Crippen molar-refractivity contribution in [2.75, 3.05) is 19.7 Å². The average Bonchev–Trinajstić information content (AvgIpc) is 3.08. The number of aromatic nitrogens is 2. The van der Waals surface area contributed by atoms with E-state index >= 15 is 0 Å². The highest BCUT2D eigenvalue weighted by Crippen LogP contribution is 2.23. The molecule has 0 radical (unpaired) electrons. The number of hydrogen-bond donors (Lipinski definition) is 1. The third-order valence-corrected chi connectivity index (χ3v) is 4.96. The van der Waals surface area contributed by atoms with Crippen molar-refractivity contribution in [3.8, 4) is 5.88 Å². The number of benzene rings is 1. The van der Waals surface area contributed by atoms with Crippen LogP contribution in [0.1, 0.15) is 35.2 Å². The minimum absolute atomic E-state index is 0.0651. The molecule has 0 aliphatic carbocycles. The molecule has 1 aromatic heterocycles. The largest absolute Gasteiger partial charge is 0.477 e. The summed E-state index contributed by atoms with van der Waals surface area (Å²) >= 11 is 0. The molecule has 1 saturated heterocycles. The molecule has 1 N–H and O–H groups in total. The Bertz CT molecular complexity index is 720. The van der Waals surface area contributed by atoms with E-state index in [0.29, 0.717) is 18.1 Å². The van der Waals surface area contributed by atoms with Crippen LogP contribution in [0.4, 0.5) is 0 Å². The second-order valence-electron chi connectivity index (χ2n) is 6.80. The zero-order chi connectivity index (χ0) is 17.1. The number of likely N-dealkylation sites (tertiary alicyclic amines) is 1. The summed E-state index contributed by atoms with van der Waals surface area (Å²) in [5, 5.41) is 7.41. The maximum absolute atomic E-state index is 12.6. The molecule has 1 aromatic carbocycles. The molecule has 0 bridgehead atoms. The van der Waals surface area contributed by atoms with Crippen molar-refractivity contribution in [1.29, 1.82) is 0 Å². The highest BCUT2D eigenvalue weighted by Gasteiger charge is 2.25. The molecule has 3 heterocycles. The number of carbonyl (C=O) groups excluding carboxylic acids is 1. The van der Waals surface area contributed by atoms with Crippen LogP contribution in [-0.4, -0.2) is 46.3 Å². The van der Waals surface area contributed by atoms with Gasteiger partial charge in [0.15, 0.2) is 0 Å². The van der Waals surface area contributed by atoms with Crippen molar-refractivity contribution < 1.29 is 9.53 Å². The SMILES string of the molecule is O=C(NC1CCN(Cc2ccccc2)CC1)c1cnn2c1OCCC2. The number of nitrogens with one attached hydrogen (secondary N) is 1. The van der Waals surface area contributed by atoms with E-state index in [-0.39, 0.29) is 11.9 Å². The third kappa shape index (κ3) is 3.69. The minimum atomic E-state index is -0.0651. The lowest BCUT2D eigenvalue weighted by molar-refractivity contribution is 0.0902. The minimum Gasteiger partial charge on any atom is -0.477 e. The van der Waals surface area contributed by atoms with Gasteiger partial charge in [-0.25, -0.2) is 4.68 Å². The van der Waals surface area contributed by atoms with E-state index in [1.165, 1.54) is 5.56 Å². The Hall–Kier alpha value is -2.34. The molecule has 2 aliphatic heterocycles. The normalized spacial score (nSPS) is 18.4. The monoisotopic (exact) mass is 340 g/mol. The number of ether oxygens (including phenoxy) is 1. The molecule has 4 rings (SSSR count). The topological polar surface area (TPSA) is 59.4 Å². The van der Waals surface area contributed by atoms with Gasteiger partial charge >= 0.3 is 0 Å². The van der Waals surface area contributed by atoms with E-state index < -0.39 is 0 Å². The van der Waals surface area contributed by atoms with Gasteiger partial charge in [0.05, 0.1) is 12.8 Å². The second kappa shape index (κ2) is 7.27. The van der Waals surface area contributed by atoms with Gasteiger partial charge < -0.3 is 10.1 Å². The Balaban J connectivity index is 1.30. The van der Waals surface area contributed by atoms with Gasteiger partial charge in [-0.2, -0.15) is 5.10 Å². The van der Waals surface area contributed by atoms with Crippen LogP contribution >= 0.6 is 0 Å². The summed E-state index contributed by atoms with van der Waals surface area (Å²) in [7, 11) is 0. The van der Waals surface area contributed by atoms with E-state index in [1.54, 1.807) is 10.9 Å². The predicted molar refractivity (Wildman–Crippen MR) is 94.5 cm³/mol. The van der Waals surface area contributed by atoms with E-state index in [4.69, 9.17) is 4.74 Å². The number of aryl methyl sites for hydroxylation is 1. The summed E-state index contributed by atoms with van der Waals surface area (Å²) in [6.07, 6.45) is 4.52. The molecular formula is C19H24N4O2. The summed E-state index contributed by atoms with van der Waals surface area (Å²) in [5.41, 5.74) is 1.90. The molecule has 0 atom stereocenters. The number of fused-ring (bicyclic) bond motifs is 1. The van der Waals surface area contributed by atoms with Crippen LogP contribution in [0.25, 0.3) is 0 Å². The second-order valence-corrected chi connectivity index (χ2v) is 6.80. The van der Waals surface area contributed by atoms with Crippen LogP contribution in [-0.2, 0) is 13.1 Å². The predicted octanol–water partition coefficient (Wildman–Crippen LogP) is 2.06. The summed E-state index contributed by atoms with van der Waals surface area (Å²) in [6.45, 7) is 4.46. The van der Waals surface area contributed by atoms with Gasteiger partial charge in [0.2, 0.25) is 5.88 Å². The lowest BCUT2D eigenvalue weighted by Gasteiger charge is -2.32. The summed E-state index contributed by atoms with van der Waals surface area (Å²) in [5.74, 6) is 0.551. The Kier molecular flexibility index (Phi) is 4.70. The first-order valence-corrected chi connectivity index (χ1v) is 9.05. The molecule has 0 unspecified atom stereocenters. The first-order chi connectivity index (χ1) is 12.3. The van der Waals surface area contributed by atoms with Crippen LogP contribution in [0.15, 0.2) is 36.5 Å². The number of nitrogens with zero attached hydrogens (tertiary/aromatic N) is 3. The fourth-order valence-corrected chi connectivity index (χ4v) is 3.56. The molecule has 6 nitrogen and oxygen atoms in total. The fraction of sp³-hybridized carbons (Fsp3) is 0.474. The first kappa shape index (κ1) is 16.1. The van der Waals surface area contributed by atoms with Gasteiger partial charge in [-0.1, -0.05) is 30.3 Å². The quantitative estimate of drug-likeness (QED) is 0.926. The molecular weight excluding hydrogens is 316 g/mol. The first-order valence-electron chi connectivity index (χ1n) is 9.05. The zero-order valence-corrected chi connectivity index (χ0v) is 14.4. The van der Waals surface area contributed by atoms with Gasteiger partial charge in [0, 0.05) is 38.6 Å². The number of amides is 1. The molecule has 25 heavy (non-hydrogen) atoms. The third-order valence-electron chi connectivity index (χ3n) is 4.96. The van der Waals surface area contributed by atoms with Crippen LogP contribution in [0, 0.1) is 0 Å².